The molecule has 180 valence electrons. The Morgan fingerprint density at radius 2 is 2.00 bits per heavy atom. The van der Waals surface area contributed by atoms with Crippen molar-refractivity contribution in [3.8, 4) is 5.75 Å². The molecule has 0 radical (unpaired) electrons. The summed E-state index contributed by atoms with van der Waals surface area (Å²) in [7, 11) is -2.37. The van der Waals surface area contributed by atoms with Gasteiger partial charge in [0.05, 0.1) is 35.1 Å². The van der Waals surface area contributed by atoms with Crippen LogP contribution in [0.2, 0.25) is 5.02 Å². The van der Waals surface area contributed by atoms with Gasteiger partial charge in [0.15, 0.2) is 6.10 Å². The lowest BCUT2D eigenvalue weighted by Gasteiger charge is -2.20. The van der Waals surface area contributed by atoms with Crippen molar-refractivity contribution in [2.24, 2.45) is 4.36 Å². The Morgan fingerprint density at radius 1 is 1.21 bits per heavy atom. The van der Waals surface area contributed by atoms with E-state index < -0.39 is 40.0 Å². The maximum Gasteiger partial charge on any atom is 0.151 e. The van der Waals surface area contributed by atoms with Crippen LogP contribution in [0.25, 0.3) is 10.9 Å². The highest BCUT2D eigenvalue weighted by molar-refractivity contribution is 7.92. The molecule has 2 fully saturated rings. The van der Waals surface area contributed by atoms with Crippen LogP contribution in [0, 0.1) is 5.82 Å². The molecule has 1 N–H and O–H groups in total. The van der Waals surface area contributed by atoms with E-state index in [0.29, 0.717) is 45.0 Å². The standard InChI is InChI=1S/C23H23ClFN3O5S/c1-34(2,30)28-14-7-15(24)21-16(26-11-27-17(21)8-14)5-12-3-4-13(25)6-19(12)33-20-10-32-22-18(29)9-31-23(20)22/h3-4,6-8,11,18,20,22-23,29H,5,9-10H2,1-2H3/t18-,20+,22+,23+/m0/s1. The zero-order valence-corrected chi connectivity index (χ0v) is 20.1. The van der Waals surface area contributed by atoms with Crippen LogP contribution in [0.3, 0.4) is 0 Å². The Morgan fingerprint density at radius 3 is 2.79 bits per heavy atom. The summed E-state index contributed by atoms with van der Waals surface area (Å²) in [6.07, 6.45) is 2.75. The molecule has 8 nitrogen and oxygen atoms in total. The molecule has 0 bridgehead atoms. The van der Waals surface area contributed by atoms with Crippen LogP contribution in [0.15, 0.2) is 41.0 Å². The number of hydrogen-bond acceptors (Lipinski definition) is 8. The number of aliphatic hydroxyl groups excluding tert-OH is 1. The fourth-order valence-corrected chi connectivity index (χ4v) is 5.24. The molecule has 0 amide bonds. The summed E-state index contributed by atoms with van der Waals surface area (Å²) in [6.45, 7) is 0.408. The molecule has 2 aliphatic rings. The van der Waals surface area contributed by atoms with E-state index in [1.807, 2.05) is 0 Å². The van der Waals surface area contributed by atoms with E-state index in [4.69, 9.17) is 25.8 Å². The van der Waals surface area contributed by atoms with Crippen molar-refractivity contribution in [2.75, 3.05) is 25.7 Å². The molecule has 0 spiro atoms. The van der Waals surface area contributed by atoms with Gasteiger partial charge >= 0.3 is 0 Å². The molecule has 1 aromatic heterocycles. The smallest absolute Gasteiger partial charge is 0.151 e. The van der Waals surface area contributed by atoms with Crippen molar-refractivity contribution >= 4 is 37.9 Å². The van der Waals surface area contributed by atoms with Crippen molar-refractivity contribution in [1.82, 2.24) is 9.97 Å². The van der Waals surface area contributed by atoms with Gasteiger partial charge in [0.2, 0.25) is 0 Å². The number of benzene rings is 2. The Hall–Kier alpha value is -2.37. The first-order valence-corrected chi connectivity index (χ1v) is 13.4. The summed E-state index contributed by atoms with van der Waals surface area (Å²) in [6, 6.07) is 7.64. The van der Waals surface area contributed by atoms with Crippen molar-refractivity contribution in [1.29, 1.82) is 0 Å². The monoisotopic (exact) mass is 507 g/mol. The summed E-state index contributed by atoms with van der Waals surface area (Å²) < 4.78 is 47.8. The lowest BCUT2D eigenvalue weighted by Crippen LogP contribution is -2.34. The maximum atomic E-state index is 14.1. The fraction of sp³-hybridized carbons (Fsp3) is 0.391. The number of nitrogens with zero attached hydrogens (tertiary/aromatic N) is 3. The van der Waals surface area contributed by atoms with Gasteiger partial charge in [-0.2, -0.15) is 4.36 Å². The average molecular weight is 508 g/mol. The van der Waals surface area contributed by atoms with Gasteiger partial charge in [-0.15, -0.1) is 0 Å². The van der Waals surface area contributed by atoms with Crippen LogP contribution >= 0.6 is 11.6 Å². The summed E-state index contributed by atoms with van der Waals surface area (Å²) in [4.78, 5) is 8.71. The minimum atomic E-state index is -2.37. The number of aromatic nitrogens is 2. The molecule has 0 saturated carbocycles. The van der Waals surface area contributed by atoms with E-state index >= 15 is 0 Å². The molecule has 3 aromatic rings. The van der Waals surface area contributed by atoms with Gasteiger partial charge in [0.25, 0.3) is 0 Å². The second kappa shape index (κ2) is 9.01. The second-order valence-electron chi connectivity index (χ2n) is 8.66. The third kappa shape index (κ3) is 4.73. The van der Waals surface area contributed by atoms with Crippen molar-refractivity contribution in [2.45, 2.75) is 30.8 Å². The predicted molar refractivity (Wildman–Crippen MR) is 126 cm³/mol. The number of hydrogen-bond donors (Lipinski definition) is 1. The fourth-order valence-electron chi connectivity index (χ4n) is 4.30. The molecular formula is C23H23ClFN3O5S. The van der Waals surface area contributed by atoms with Gasteiger partial charge < -0.3 is 19.3 Å². The number of rotatable bonds is 5. The van der Waals surface area contributed by atoms with Crippen LogP contribution in [0.5, 0.6) is 5.75 Å². The third-order valence-electron chi connectivity index (χ3n) is 5.73. The van der Waals surface area contributed by atoms with Crippen LogP contribution in [0.4, 0.5) is 10.1 Å². The highest BCUT2D eigenvalue weighted by atomic mass is 35.5. The first-order valence-electron chi connectivity index (χ1n) is 10.6. The van der Waals surface area contributed by atoms with Gasteiger partial charge in [-0.05, 0) is 18.2 Å². The van der Waals surface area contributed by atoms with Crippen LogP contribution < -0.4 is 4.74 Å². The molecule has 5 rings (SSSR count). The van der Waals surface area contributed by atoms with Gasteiger partial charge in [0, 0.05) is 45.7 Å². The largest absolute Gasteiger partial charge is 0.485 e. The SMILES string of the molecule is CS(C)(=O)=Nc1cc(Cl)c2c(Cc3ccc(F)cc3O[C@@H]3CO[C@H]4[C@@H]3OC[C@@H]4O)ncnc2c1. The number of ether oxygens (including phenoxy) is 3. The lowest BCUT2D eigenvalue weighted by molar-refractivity contribution is 0.00843. The quantitative estimate of drug-likeness (QED) is 0.565. The molecule has 2 aliphatic heterocycles. The lowest BCUT2D eigenvalue weighted by atomic mass is 10.0. The molecule has 0 aliphatic carbocycles. The van der Waals surface area contributed by atoms with E-state index in [-0.39, 0.29) is 13.2 Å². The zero-order valence-electron chi connectivity index (χ0n) is 18.5. The van der Waals surface area contributed by atoms with Gasteiger partial charge in [0.1, 0.15) is 36.2 Å². The van der Waals surface area contributed by atoms with Crippen LogP contribution in [0.1, 0.15) is 11.3 Å². The van der Waals surface area contributed by atoms with Crippen molar-refractivity contribution < 1.29 is 27.9 Å². The van der Waals surface area contributed by atoms with Gasteiger partial charge in [-0.25, -0.2) is 18.6 Å². The molecule has 34 heavy (non-hydrogen) atoms. The second-order valence-corrected chi connectivity index (χ2v) is 11.6. The molecular weight excluding hydrogens is 485 g/mol. The third-order valence-corrected chi connectivity index (χ3v) is 6.67. The van der Waals surface area contributed by atoms with E-state index in [0.717, 1.165) is 0 Å². The normalized spacial score (nSPS) is 24.4. The Bertz CT molecular complexity index is 1370. The summed E-state index contributed by atoms with van der Waals surface area (Å²) in [5.74, 6) is -0.105. The summed E-state index contributed by atoms with van der Waals surface area (Å²) in [5, 5.41) is 11.0. The maximum absolute atomic E-state index is 14.1. The Balaban J connectivity index is 1.48. The highest BCUT2D eigenvalue weighted by Crippen LogP contribution is 2.35. The average Bonchev–Trinajstić information content (AvgIpc) is 3.32. The molecule has 3 heterocycles. The van der Waals surface area contributed by atoms with Crippen LogP contribution in [-0.2, 0) is 25.6 Å². The minimum absolute atomic E-state index is 0.177. The molecule has 11 heteroatoms. The summed E-state index contributed by atoms with van der Waals surface area (Å²) in [5.41, 5.74) is 2.35. The first-order chi connectivity index (χ1) is 16.2. The summed E-state index contributed by atoms with van der Waals surface area (Å²) >= 11 is 6.56. The molecule has 0 unspecified atom stereocenters. The number of aliphatic hydroxyl groups is 1. The minimum Gasteiger partial charge on any atom is -0.485 e. The van der Waals surface area contributed by atoms with E-state index in [9.17, 15) is 13.7 Å². The number of fused-ring (bicyclic) bond motifs is 2. The van der Waals surface area contributed by atoms with Crippen molar-refractivity contribution in [3.05, 3.63) is 58.8 Å². The highest BCUT2D eigenvalue weighted by Gasteiger charge is 2.48. The zero-order chi connectivity index (χ0) is 24.0. The van der Waals surface area contributed by atoms with E-state index in [1.165, 1.54) is 18.5 Å². The number of halogens is 2. The van der Waals surface area contributed by atoms with Gasteiger partial charge in [-0.1, -0.05) is 17.7 Å². The Kier molecular flexibility index (Phi) is 6.19. The van der Waals surface area contributed by atoms with Gasteiger partial charge in [-0.3, -0.25) is 0 Å². The molecule has 4 atom stereocenters. The Labute approximate surface area is 201 Å². The first kappa shape index (κ1) is 23.4. The van der Waals surface area contributed by atoms with E-state index in [1.54, 1.807) is 30.7 Å². The van der Waals surface area contributed by atoms with Crippen LogP contribution in [-0.4, -0.2) is 69.4 Å². The van der Waals surface area contributed by atoms with Crippen molar-refractivity contribution in [3.63, 3.8) is 0 Å². The predicted octanol–water partition coefficient (Wildman–Crippen LogP) is 3.28. The molecule has 2 saturated heterocycles. The van der Waals surface area contributed by atoms with E-state index in [2.05, 4.69) is 14.3 Å². The topological polar surface area (TPSA) is 103 Å². The molecule has 2 aromatic carbocycles.